The minimum Gasteiger partial charge on any atom is -0.479 e. The molecule has 1 N–H and O–H groups in total. The molecule has 2 saturated heterocycles. The summed E-state index contributed by atoms with van der Waals surface area (Å²) in [6, 6.07) is 16.8. The third-order valence-electron chi connectivity index (χ3n) is 10.0. The number of fused-ring (bicyclic) bond motifs is 2. The fraction of sp³-hybridized carbons (Fsp3) is 0.447. The van der Waals surface area contributed by atoms with Gasteiger partial charge in [0.25, 0.3) is 0 Å². The molecule has 0 unspecified atom stereocenters. The molecule has 0 radical (unpaired) electrons. The third-order valence-corrected chi connectivity index (χ3v) is 11.4. The van der Waals surface area contributed by atoms with Crippen molar-refractivity contribution in [2.75, 3.05) is 33.2 Å². The number of thiazole rings is 1. The highest BCUT2D eigenvalue weighted by molar-refractivity contribution is 7.22. The maximum Gasteiger partial charge on any atom is 0.337 e. The predicted octanol–water partition coefficient (Wildman–Crippen LogP) is 8.30. The topological polar surface area (TPSA) is 83.7 Å². The van der Waals surface area contributed by atoms with Gasteiger partial charge in [0.15, 0.2) is 6.10 Å². The summed E-state index contributed by atoms with van der Waals surface area (Å²) in [7, 11) is 4.27. The standard InChI is InChI=1S/C38H44ClN5O3S/c1-22-19-29-35(32(23-7-10-26(39)11-8-23)31(22)34(37(45)46)47-38(2,3)4)48-36(40-29)25-9-12-30-28(20-25)33(41-43(30)6)24-13-17-44(18-14-24)21-27-15-16-42(27)5/h7-12,19-20,24,27,34H,13-18,21H2,1-6H3,(H,45,46)/t27-,34+/m1/s1. The van der Waals surface area contributed by atoms with E-state index in [1.54, 1.807) is 11.3 Å². The summed E-state index contributed by atoms with van der Waals surface area (Å²) < 4.78 is 9.13. The molecule has 0 saturated carbocycles. The van der Waals surface area contributed by atoms with E-state index in [-0.39, 0.29) is 0 Å². The molecule has 0 spiro atoms. The fourth-order valence-corrected chi connectivity index (χ4v) is 8.62. The van der Waals surface area contributed by atoms with E-state index in [0.29, 0.717) is 22.5 Å². The van der Waals surface area contributed by atoms with Gasteiger partial charge in [0.05, 0.1) is 27.0 Å². The molecule has 2 aliphatic rings. The number of halogens is 1. The van der Waals surface area contributed by atoms with Gasteiger partial charge in [0.1, 0.15) is 5.01 Å². The highest BCUT2D eigenvalue weighted by atomic mass is 35.5. The molecule has 4 heterocycles. The van der Waals surface area contributed by atoms with E-state index in [1.807, 2.05) is 69.8 Å². The average molecular weight is 686 g/mol. The number of aromatic nitrogens is 3. The Morgan fingerprint density at radius 1 is 1.04 bits per heavy atom. The number of piperidine rings is 1. The van der Waals surface area contributed by atoms with E-state index in [0.717, 1.165) is 68.9 Å². The zero-order chi connectivity index (χ0) is 33.9. The Labute approximate surface area is 291 Å². The van der Waals surface area contributed by atoms with Crippen molar-refractivity contribution < 1.29 is 14.6 Å². The van der Waals surface area contributed by atoms with Crippen molar-refractivity contribution in [3.05, 3.63) is 70.4 Å². The third kappa shape index (κ3) is 6.39. The van der Waals surface area contributed by atoms with Crippen LogP contribution in [-0.4, -0.2) is 80.5 Å². The summed E-state index contributed by atoms with van der Waals surface area (Å²) in [6.45, 7) is 12.2. The zero-order valence-corrected chi connectivity index (χ0v) is 30.2. The number of ether oxygens (including phenoxy) is 1. The van der Waals surface area contributed by atoms with Crippen molar-refractivity contribution in [2.45, 2.75) is 70.6 Å². The molecule has 2 atom stereocenters. The molecule has 0 amide bonds. The van der Waals surface area contributed by atoms with Crippen molar-refractivity contribution in [3.8, 4) is 21.7 Å². The zero-order valence-electron chi connectivity index (χ0n) is 28.6. The number of likely N-dealkylation sites (N-methyl/N-ethyl adjacent to an activating group) is 1. The van der Waals surface area contributed by atoms with Crippen molar-refractivity contribution in [1.82, 2.24) is 24.6 Å². The van der Waals surface area contributed by atoms with Crippen LogP contribution in [0, 0.1) is 6.92 Å². The van der Waals surface area contributed by atoms with Gasteiger partial charge in [-0.05, 0) is 121 Å². The molecule has 8 nitrogen and oxygen atoms in total. The molecule has 2 fully saturated rings. The number of carbonyl (C=O) groups is 1. The first kappa shape index (κ1) is 33.2. The van der Waals surface area contributed by atoms with Gasteiger partial charge in [-0.25, -0.2) is 9.78 Å². The lowest BCUT2D eigenvalue weighted by Gasteiger charge is -2.42. The Kier molecular flexibility index (Phi) is 8.87. The van der Waals surface area contributed by atoms with E-state index in [2.05, 4.69) is 35.0 Å². The van der Waals surface area contributed by atoms with Gasteiger partial charge in [0, 0.05) is 52.7 Å². The summed E-state index contributed by atoms with van der Waals surface area (Å²) in [4.78, 5) is 23.0. The van der Waals surface area contributed by atoms with E-state index in [1.165, 1.54) is 30.6 Å². The monoisotopic (exact) mass is 685 g/mol. The molecule has 5 aromatic rings. The quantitative estimate of drug-likeness (QED) is 0.176. The Balaban J connectivity index is 1.28. The van der Waals surface area contributed by atoms with Gasteiger partial charge in [0.2, 0.25) is 0 Å². The molecule has 7 rings (SSSR count). The van der Waals surface area contributed by atoms with E-state index >= 15 is 0 Å². The summed E-state index contributed by atoms with van der Waals surface area (Å²) in [5.41, 5.74) is 6.66. The summed E-state index contributed by atoms with van der Waals surface area (Å²) >= 11 is 7.88. The molecule has 48 heavy (non-hydrogen) atoms. The van der Waals surface area contributed by atoms with Gasteiger partial charge in [-0.1, -0.05) is 23.7 Å². The van der Waals surface area contributed by atoms with Crippen molar-refractivity contribution in [1.29, 1.82) is 0 Å². The molecular weight excluding hydrogens is 642 g/mol. The van der Waals surface area contributed by atoms with Crippen molar-refractivity contribution in [3.63, 3.8) is 0 Å². The smallest absolute Gasteiger partial charge is 0.337 e. The van der Waals surface area contributed by atoms with Crippen molar-refractivity contribution in [2.24, 2.45) is 7.05 Å². The molecule has 2 aliphatic heterocycles. The second-order valence-corrected chi connectivity index (χ2v) is 16.0. The minimum atomic E-state index is -1.15. The number of rotatable bonds is 8. The average Bonchev–Trinajstić information content (AvgIpc) is 3.62. The second-order valence-electron chi connectivity index (χ2n) is 14.5. The summed E-state index contributed by atoms with van der Waals surface area (Å²) in [5.74, 6) is -0.602. The van der Waals surface area contributed by atoms with Crippen LogP contribution in [0.3, 0.4) is 0 Å². The SMILES string of the molecule is Cc1cc2nc(-c3ccc4c(c3)c(C3CCN(C[C@H]5CCN5C)CC3)nn4C)sc2c(-c2ccc(Cl)cc2)c1[C@H](OC(C)(C)C)C(=O)O. The van der Waals surface area contributed by atoms with E-state index in [4.69, 9.17) is 26.4 Å². The first-order chi connectivity index (χ1) is 22.9. The lowest BCUT2D eigenvalue weighted by Crippen LogP contribution is -2.52. The number of aliphatic carboxylic acids is 1. The Morgan fingerprint density at radius 2 is 1.75 bits per heavy atom. The second kappa shape index (κ2) is 12.8. The number of hydrogen-bond donors (Lipinski definition) is 1. The highest BCUT2D eigenvalue weighted by Crippen LogP contribution is 2.45. The van der Waals surface area contributed by atoms with Crippen LogP contribution in [0.1, 0.15) is 68.9 Å². The minimum absolute atomic E-state index is 0.423. The molecule has 252 valence electrons. The lowest BCUT2D eigenvalue weighted by atomic mass is 9.90. The molecule has 0 aliphatic carbocycles. The maximum atomic E-state index is 12.7. The van der Waals surface area contributed by atoms with Gasteiger partial charge in [-0.2, -0.15) is 5.10 Å². The van der Waals surface area contributed by atoms with Gasteiger partial charge in [-0.15, -0.1) is 11.3 Å². The van der Waals surface area contributed by atoms with E-state index in [9.17, 15) is 9.90 Å². The predicted molar refractivity (Wildman–Crippen MR) is 195 cm³/mol. The van der Waals surface area contributed by atoms with Crippen molar-refractivity contribution >= 4 is 50.0 Å². The summed E-state index contributed by atoms with van der Waals surface area (Å²) in [5, 5.41) is 18.2. The molecule has 0 bridgehead atoms. The van der Waals surface area contributed by atoms with Crippen LogP contribution in [0.25, 0.3) is 42.8 Å². The number of carboxylic acids is 1. The van der Waals surface area contributed by atoms with Gasteiger partial charge in [-0.3, -0.25) is 4.68 Å². The first-order valence-electron chi connectivity index (χ1n) is 16.9. The molecular formula is C38H44ClN5O3S. The van der Waals surface area contributed by atoms with Gasteiger partial charge < -0.3 is 19.6 Å². The number of carboxylic acid groups (broad SMARTS) is 1. The lowest BCUT2D eigenvalue weighted by molar-refractivity contribution is -0.160. The molecule has 2 aromatic heterocycles. The van der Waals surface area contributed by atoms with Crippen LogP contribution in [0.2, 0.25) is 5.02 Å². The normalized spacial score (nSPS) is 18.9. The summed E-state index contributed by atoms with van der Waals surface area (Å²) in [6.07, 6.45) is 2.38. The number of hydrogen-bond acceptors (Lipinski definition) is 7. The van der Waals surface area contributed by atoms with Crippen LogP contribution < -0.4 is 0 Å². The Hall–Kier alpha value is -3.34. The van der Waals surface area contributed by atoms with Crippen LogP contribution in [0.4, 0.5) is 0 Å². The van der Waals surface area contributed by atoms with Crippen LogP contribution in [0.15, 0.2) is 48.5 Å². The fourth-order valence-electron chi connectivity index (χ4n) is 7.38. The number of aryl methyl sites for hydroxylation is 2. The van der Waals surface area contributed by atoms with E-state index < -0.39 is 17.7 Å². The maximum absolute atomic E-state index is 12.7. The van der Waals surface area contributed by atoms with Crippen LogP contribution in [-0.2, 0) is 16.6 Å². The number of benzene rings is 3. The van der Waals surface area contributed by atoms with Crippen LogP contribution in [0.5, 0.6) is 0 Å². The largest absolute Gasteiger partial charge is 0.479 e. The first-order valence-corrected chi connectivity index (χ1v) is 18.1. The Bertz CT molecular complexity index is 1990. The number of nitrogens with zero attached hydrogens (tertiary/aromatic N) is 5. The number of likely N-dealkylation sites (tertiary alicyclic amines) is 2. The van der Waals surface area contributed by atoms with Gasteiger partial charge >= 0.3 is 5.97 Å². The highest BCUT2D eigenvalue weighted by Gasteiger charge is 2.33. The molecule has 10 heteroatoms. The Morgan fingerprint density at radius 3 is 2.38 bits per heavy atom. The van der Waals surface area contributed by atoms with Crippen LogP contribution >= 0.6 is 22.9 Å². The molecule has 3 aromatic carbocycles.